The van der Waals surface area contributed by atoms with Crippen LogP contribution in [-0.2, 0) is 41.8 Å². The van der Waals surface area contributed by atoms with Gasteiger partial charge in [-0.15, -0.1) is 0 Å². The lowest BCUT2D eigenvalue weighted by molar-refractivity contribution is -0.162. The van der Waals surface area contributed by atoms with Gasteiger partial charge >= 0.3 is 27.6 Å². The van der Waals surface area contributed by atoms with Gasteiger partial charge in [0.05, 0.1) is 19.8 Å². The number of phosphoric ester groups is 2. The molecule has 60 heavy (non-hydrogen) atoms. The second-order valence-electron chi connectivity index (χ2n) is 19.5. The van der Waals surface area contributed by atoms with Crippen LogP contribution in [-0.4, -0.2) is 59.2 Å². The van der Waals surface area contributed by atoms with Gasteiger partial charge in [0.25, 0.3) is 0 Å². The summed E-state index contributed by atoms with van der Waals surface area (Å²) in [6, 6.07) is 0. The number of esters is 2. The second kappa shape index (κ2) is 34.6. The van der Waals surface area contributed by atoms with Crippen LogP contribution in [0.4, 0.5) is 0 Å². The van der Waals surface area contributed by atoms with Crippen molar-refractivity contribution in [3.8, 4) is 0 Å². The highest BCUT2D eigenvalue weighted by atomic mass is 31.2. The highest BCUT2D eigenvalue weighted by molar-refractivity contribution is 7.47. The van der Waals surface area contributed by atoms with Crippen molar-refractivity contribution in [2.45, 2.75) is 210 Å². The Balaban J connectivity index is 4.88. The third-order valence-corrected chi connectivity index (χ3v) is 13.0. The zero-order valence-electron chi connectivity index (χ0n) is 39.8. The van der Waals surface area contributed by atoms with E-state index in [4.69, 9.17) is 28.3 Å². The maximum Gasteiger partial charge on any atom is 0.472 e. The quantitative estimate of drug-likeness (QED) is 0.0302. The lowest BCUT2D eigenvalue weighted by atomic mass is 9.91. The molecule has 12 nitrogen and oxygen atoms in total. The second-order valence-corrected chi connectivity index (χ2v) is 22.2. The zero-order valence-corrected chi connectivity index (χ0v) is 41.6. The van der Waals surface area contributed by atoms with E-state index in [2.05, 4.69) is 59.9 Å². The van der Waals surface area contributed by atoms with E-state index in [1.54, 1.807) is 0 Å². The molecule has 0 fully saturated rings. The normalized spacial score (nSPS) is 16.9. The number of hydrogen-bond donors (Lipinski definition) is 3. The summed E-state index contributed by atoms with van der Waals surface area (Å²) in [7, 11) is -9.31. The molecule has 14 heteroatoms. The van der Waals surface area contributed by atoms with Crippen molar-refractivity contribution in [2.24, 2.45) is 47.3 Å². The number of hydrogen-bond acceptors (Lipinski definition) is 9. The summed E-state index contributed by atoms with van der Waals surface area (Å²) in [4.78, 5) is 53.6. The molecule has 358 valence electrons. The van der Waals surface area contributed by atoms with Crippen LogP contribution in [0, 0.1) is 47.3 Å². The maximum absolute atomic E-state index is 13.0. The Morgan fingerprint density at radius 3 is 1.17 bits per heavy atom. The summed E-state index contributed by atoms with van der Waals surface area (Å²) in [5, 5.41) is 0. The fourth-order valence-corrected chi connectivity index (χ4v) is 8.75. The van der Waals surface area contributed by atoms with Crippen molar-refractivity contribution in [3.05, 3.63) is 0 Å². The summed E-state index contributed by atoms with van der Waals surface area (Å²) in [5.74, 6) is 3.56. The van der Waals surface area contributed by atoms with Crippen LogP contribution >= 0.6 is 15.6 Å². The van der Waals surface area contributed by atoms with Crippen LogP contribution in [0.3, 0.4) is 0 Å². The minimum Gasteiger partial charge on any atom is -0.462 e. The zero-order chi connectivity index (χ0) is 45.6. The number of phosphoric acid groups is 2. The van der Waals surface area contributed by atoms with Crippen molar-refractivity contribution in [2.75, 3.05) is 26.4 Å². The molecule has 0 radical (unpaired) electrons. The molecule has 0 amide bonds. The average molecular weight is 899 g/mol. The molecule has 0 aliphatic carbocycles. The fourth-order valence-electron chi connectivity index (χ4n) is 7.59. The van der Waals surface area contributed by atoms with E-state index in [0.717, 1.165) is 62.2 Å². The molecule has 0 saturated heterocycles. The minimum absolute atomic E-state index is 0.0594. The standard InChI is InChI=1S/C46H92O12P2/c1-36(2)18-11-20-38(5)22-13-24-40(7)26-15-28-42(9)32-45(47)54-34-44(35-57-60(52,53)56-31-17-30-55-59(49,50)51)58-46(48)33-43(10)29-16-27-41(8)25-14-23-39(6)21-12-19-37(3)4/h36-44H,11-35H2,1-10H3,(H,52,53)(H2,49,50,51). The first kappa shape index (κ1) is 59.2. The molecule has 8 atom stereocenters. The third-order valence-electron chi connectivity index (χ3n) is 11.5. The minimum atomic E-state index is -4.68. The molecule has 0 rings (SSSR count). The van der Waals surface area contributed by atoms with Gasteiger partial charge in [-0.2, -0.15) is 0 Å². The molecule has 0 heterocycles. The molecule has 0 saturated carbocycles. The van der Waals surface area contributed by atoms with Crippen molar-refractivity contribution in [3.63, 3.8) is 0 Å². The van der Waals surface area contributed by atoms with E-state index in [9.17, 15) is 23.6 Å². The molecule has 8 unspecified atom stereocenters. The Bertz CT molecular complexity index is 1180. The summed E-state index contributed by atoms with van der Waals surface area (Å²) in [6.45, 7) is 20.8. The van der Waals surface area contributed by atoms with E-state index in [0.29, 0.717) is 11.8 Å². The van der Waals surface area contributed by atoms with E-state index < -0.39 is 46.9 Å². The fraction of sp³-hybridized carbons (Fsp3) is 0.957. The van der Waals surface area contributed by atoms with Crippen LogP contribution in [0.2, 0.25) is 0 Å². The molecule has 0 bridgehead atoms. The molecule has 0 spiro atoms. The van der Waals surface area contributed by atoms with E-state index in [1.165, 1.54) is 77.0 Å². The van der Waals surface area contributed by atoms with E-state index in [-0.39, 0.29) is 44.3 Å². The van der Waals surface area contributed by atoms with E-state index in [1.807, 2.05) is 13.8 Å². The largest absolute Gasteiger partial charge is 0.472 e. The summed E-state index contributed by atoms with van der Waals surface area (Å²) < 4.78 is 48.8. The molecule has 0 aliphatic rings. The first-order valence-electron chi connectivity index (χ1n) is 23.7. The lowest BCUT2D eigenvalue weighted by Crippen LogP contribution is -2.30. The number of carbonyl (C=O) groups is 2. The van der Waals surface area contributed by atoms with Gasteiger partial charge in [0.15, 0.2) is 6.10 Å². The monoisotopic (exact) mass is 899 g/mol. The molecule has 0 aromatic heterocycles. The Morgan fingerprint density at radius 1 is 0.433 bits per heavy atom. The van der Waals surface area contributed by atoms with Gasteiger partial charge in [-0.25, -0.2) is 9.13 Å². The van der Waals surface area contributed by atoms with Crippen molar-refractivity contribution in [1.29, 1.82) is 0 Å². The Labute approximate surface area is 367 Å². The third kappa shape index (κ3) is 38.8. The highest BCUT2D eigenvalue weighted by Gasteiger charge is 2.27. The number of ether oxygens (including phenoxy) is 2. The summed E-state index contributed by atoms with van der Waals surface area (Å²) >= 11 is 0. The van der Waals surface area contributed by atoms with Crippen LogP contribution in [0.5, 0.6) is 0 Å². The van der Waals surface area contributed by atoms with Crippen LogP contribution in [0.1, 0.15) is 204 Å². The smallest absolute Gasteiger partial charge is 0.462 e. The van der Waals surface area contributed by atoms with Gasteiger partial charge in [-0.1, -0.05) is 185 Å². The predicted octanol–water partition coefficient (Wildman–Crippen LogP) is 13.0. The molecule has 0 aromatic rings. The van der Waals surface area contributed by atoms with Crippen molar-refractivity contribution >= 4 is 27.6 Å². The highest BCUT2D eigenvalue weighted by Crippen LogP contribution is 2.44. The lowest BCUT2D eigenvalue weighted by Gasteiger charge is -2.21. The Morgan fingerprint density at radius 2 is 0.783 bits per heavy atom. The van der Waals surface area contributed by atoms with E-state index >= 15 is 0 Å². The molecule has 0 aliphatic heterocycles. The molecular weight excluding hydrogens is 806 g/mol. The molecular formula is C46H92O12P2. The summed E-state index contributed by atoms with van der Waals surface area (Å²) in [6.07, 6.45) is 20.5. The maximum atomic E-state index is 13.0. The number of carbonyl (C=O) groups excluding carboxylic acids is 2. The van der Waals surface area contributed by atoms with Gasteiger partial charge in [0.1, 0.15) is 6.61 Å². The van der Waals surface area contributed by atoms with Crippen molar-refractivity contribution in [1.82, 2.24) is 0 Å². The van der Waals surface area contributed by atoms with Crippen LogP contribution in [0.15, 0.2) is 0 Å². The average Bonchev–Trinajstić information content (AvgIpc) is 3.11. The topological polar surface area (TPSA) is 175 Å². The molecule has 3 N–H and O–H groups in total. The van der Waals surface area contributed by atoms with Crippen molar-refractivity contribution < 1.29 is 56.4 Å². The Kier molecular flexibility index (Phi) is 34.1. The first-order chi connectivity index (χ1) is 28.1. The summed E-state index contributed by atoms with van der Waals surface area (Å²) in [5.41, 5.74) is 0. The van der Waals surface area contributed by atoms with Gasteiger partial charge in [0.2, 0.25) is 0 Å². The number of rotatable bonds is 40. The first-order valence-corrected chi connectivity index (χ1v) is 26.8. The van der Waals surface area contributed by atoms with Gasteiger partial charge in [-0.05, 0) is 53.8 Å². The Hall–Kier alpha value is -0.840. The predicted molar refractivity (Wildman–Crippen MR) is 242 cm³/mol. The van der Waals surface area contributed by atoms with Gasteiger partial charge in [0, 0.05) is 12.8 Å². The van der Waals surface area contributed by atoms with Crippen LogP contribution < -0.4 is 0 Å². The van der Waals surface area contributed by atoms with Crippen LogP contribution in [0.25, 0.3) is 0 Å². The molecule has 0 aromatic carbocycles. The van der Waals surface area contributed by atoms with Gasteiger partial charge in [-0.3, -0.25) is 23.2 Å². The van der Waals surface area contributed by atoms with Gasteiger partial charge < -0.3 is 24.2 Å². The SMILES string of the molecule is CC(C)CCCC(C)CCCC(C)CCCC(C)CC(=O)OCC(COP(=O)(O)OCCCOP(=O)(O)O)OC(=O)CC(C)CCCC(C)CCCC(C)CCCC(C)C.